The second kappa shape index (κ2) is 8.58. The number of imide groups is 1. The maximum atomic E-state index is 13.8. The Kier molecular flexibility index (Phi) is 5.81. The van der Waals surface area contributed by atoms with E-state index in [0.717, 1.165) is 33.5 Å². The lowest BCUT2D eigenvalue weighted by molar-refractivity contribution is -0.120. The van der Waals surface area contributed by atoms with Crippen molar-refractivity contribution in [3.8, 4) is 5.75 Å². The fourth-order valence-corrected chi connectivity index (χ4v) is 4.09. The minimum Gasteiger partial charge on any atom is -0.495 e. The molecule has 33 heavy (non-hydrogen) atoms. The highest BCUT2D eigenvalue weighted by Gasteiger charge is 2.41. The number of amides is 2. The first-order chi connectivity index (χ1) is 15.7. The van der Waals surface area contributed by atoms with Gasteiger partial charge in [0.15, 0.2) is 0 Å². The quantitative estimate of drug-likeness (QED) is 0.522. The molecule has 4 rings (SSSR count). The van der Waals surface area contributed by atoms with Gasteiger partial charge in [-0.1, -0.05) is 42.0 Å². The molecule has 5 nitrogen and oxygen atoms in total. The summed E-state index contributed by atoms with van der Waals surface area (Å²) in [6.07, 6.45) is 0. The van der Waals surface area contributed by atoms with Gasteiger partial charge in [-0.25, -0.2) is 4.90 Å². The highest BCUT2D eigenvalue weighted by atomic mass is 16.5. The molecule has 5 heteroatoms. The van der Waals surface area contributed by atoms with Crippen LogP contribution in [0.15, 0.2) is 60.3 Å². The van der Waals surface area contributed by atoms with E-state index in [1.54, 1.807) is 12.1 Å². The molecule has 0 spiro atoms. The normalized spacial score (nSPS) is 13.7. The van der Waals surface area contributed by atoms with Crippen LogP contribution >= 0.6 is 0 Å². The maximum absolute atomic E-state index is 13.8. The van der Waals surface area contributed by atoms with Crippen LogP contribution in [-0.4, -0.2) is 18.9 Å². The summed E-state index contributed by atoms with van der Waals surface area (Å²) < 4.78 is 5.49. The molecule has 3 aromatic carbocycles. The molecule has 0 fully saturated rings. The third-order valence-electron chi connectivity index (χ3n) is 6.10. The van der Waals surface area contributed by atoms with Gasteiger partial charge in [-0.2, -0.15) is 0 Å². The van der Waals surface area contributed by atoms with Gasteiger partial charge in [0.2, 0.25) is 0 Å². The molecular weight excluding hydrogens is 412 g/mol. The Hall–Kier alpha value is -3.86. The van der Waals surface area contributed by atoms with Crippen LogP contribution in [0.1, 0.15) is 33.4 Å². The van der Waals surface area contributed by atoms with Gasteiger partial charge in [-0.15, -0.1) is 0 Å². The minimum absolute atomic E-state index is 0.263. The van der Waals surface area contributed by atoms with Gasteiger partial charge in [-0.3, -0.25) is 9.59 Å². The number of carbonyl (C=O) groups is 2. The van der Waals surface area contributed by atoms with Crippen molar-refractivity contribution in [2.24, 2.45) is 0 Å². The molecular formula is C28H28N2O3. The van der Waals surface area contributed by atoms with E-state index in [1.807, 2.05) is 77.1 Å². The van der Waals surface area contributed by atoms with E-state index in [2.05, 4.69) is 5.32 Å². The van der Waals surface area contributed by atoms with Gasteiger partial charge in [0.25, 0.3) is 11.8 Å². The number of nitrogens with zero attached hydrogens (tertiary/aromatic N) is 1. The number of anilines is 2. The highest BCUT2D eigenvalue weighted by molar-refractivity contribution is 6.46. The van der Waals surface area contributed by atoms with Crippen molar-refractivity contribution in [1.29, 1.82) is 0 Å². The Bertz CT molecular complexity index is 1320. The molecule has 0 aliphatic carbocycles. The van der Waals surface area contributed by atoms with E-state index < -0.39 is 5.91 Å². The van der Waals surface area contributed by atoms with Gasteiger partial charge in [-0.05, 0) is 80.6 Å². The first-order valence-electron chi connectivity index (χ1n) is 10.9. The van der Waals surface area contributed by atoms with E-state index in [-0.39, 0.29) is 11.6 Å². The third kappa shape index (κ3) is 4.02. The molecule has 0 saturated heterocycles. The van der Waals surface area contributed by atoms with Crippen LogP contribution in [0.2, 0.25) is 0 Å². The molecule has 0 bridgehead atoms. The highest BCUT2D eigenvalue weighted by Crippen LogP contribution is 2.39. The number of carbonyl (C=O) groups excluding carboxylic acids is 2. The van der Waals surface area contributed by atoms with Crippen molar-refractivity contribution in [2.75, 3.05) is 17.3 Å². The zero-order valence-corrected chi connectivity index (χ0v) is 19.9. The maximum Gasteiger partial charge on any atom is 0.282 e. The van der Waals surface area contributed by atoms with Crippen LogP contribution in [0.3, 0.4) is 0 Å². The van der Waals surface area contributed by atoms with Crippen molar-refractivity contribution >= 4 is 28.8 Å². The van der Waals surface area contributed by atoms with Crippen molar-refractivity contribution in [2.45, 2.75) is 34.6 Å². The Labute approximate surface area is 194 Å². The summed E-state index contributed by atoms with van der Waals surface area (Å²) in [5.41, 5.74) is 7.77. The smallest absolute Gasteiger partial charge is 0.282 e. The van der Waals surface area contributed by atoms with Crippen LogP contribution in [0.4, 0.5) is 11.4 Å². The monoisotopic (exact) mass is 440 g/mol. The lowest BCUT2D eigenvalue weighted by atomic mass is 9.99. The second-order valence-electron chi connectivity index (χ2n) is 8.61. The van der Waals surface area contributed by atoms with Crippen molar-refractivity contribution in [3.05, 3.63) is 93.7 Å². The number of hydrogen-bond acceptors (Lipinski definition) is 4. The van der Waals surface area contributed by atoms with E-state index in [4.69, 9.17) is 4.74 Å². The van der Waals surface area contributed by atoms with E-state index in [9.17, 15) is 9.59 Å². The lowest BCUT2D eigenvalue weighted by Crippen LogP contribution is -2.32. The van der Waals surface area contributed by atoms with Crippen LogP contribution in [0.5, 0.6) is 5.75 Å². The lowest BCUT2D eigenvalue weighted by Gasteiger charge is -2.19. The Morgan fingerprint density at radius 3 is 2.09 bits per heavy atom. The summed E-state index contributed by atoms with van der Waals surface area (Å²) in [5.74, 6) is -0.314. The van der Waals surface area contributed by atoms with Crippen molar-refractivity contribution in [3.63, 3.8) is 0 Å². The molecule has 1 aliphatic rings. The van der Waals surface area contributed by atoms with Gasteiger partial charge >= 0.3 is 0 Å². The van der Waals surface area contributed by atoms with Crippen LogP contribution in [-0.2, 0) is 9.59 Å². The number of methoxy groups -OCH3 is 1. The first kappa shape index (κ1) is 22.3. The van der Waals surface area contributed by atoms with Crippen LogP contribution < -0.4 is 15.0 Å². The van der Waals surface area contributed by atoms with Gasteiger partial charge < -0.3 is 10.1 Å². The molecule has 168 valence electrons. The molecule has 3 aromatic rings. The molecule has 1 aliphatic heterocycles. The largest absolute Gasteiger partial charge is 0.495 e. The molecule has 1 heterocycles. The number of ether oxygens (including phenoxy) is 1. The molecule has 0 aromatic heterocycles. The fourth-order valence-electron chi connectivity index (χ4n) is 4.09. The third-order valence-corrected chi connectivity index (χ3v) is 6.10. The standard InChI is InChI=1S/C28H28N2O3/c1-16-7-11-22(20(5)13-16)29-26-25(21-10-9-18(3)19(4)15-21)27(31)30(28(26)32)23-14-17(2)8-12-24(23)33-6/h7-15,29H,1-6H3. The van der Waals surface area contributed by atoms with E-state index in [0.29, 0.717) is 22.6 Å². The average molecular weight is 441 g/mol. The molecule has 0 unspecified atom stereocenters. The van der Waals surface area contributed by atoms with Crippen molar-refractivity contribution < 1.29 is 14.3 Å². The fraction of sp³-hybridized carbons (Fsp3) is 0.214. The SMILES string of the molecule is COc1ccc(C)cc1N1C(=O)C(Nc2ccc(C)cc2C)=C(c2ccc(C)c(C)c2)C1=O. The number of benzene rings is 3. The van der Waals surface area contributed by atoms with E-state index >= 15 is 0 Å². The summed E-state index contributed by atoms with van der Waals surface area (Å²) in [5, 5.41) is 3.28. The van der Waals surface area contributed by atoms with Crippen LogP contribution in [0, 0.1) is 34.6 Å². The topological polar surface area (TPSA) is 58.6 Å². The zero-order chi connectivity index (χ0) is 23.9. The summed E-state index contributed by atoms with van der Waals surface area (Å²) in [7, 11) is 1.53. The molecule has 2 amide bonds. The molecule has 0 radical (unpaired) electrons. The van der Waals surface area contributed by atoms with Crippen molar-refractivity contribution in [1.82, 2.24) is 0 Å². The summed E-state index contributed by atoms with van der Waals surface area (Å²) >= 11 is 0. The Balaban J connectivity index is 1.89. The van der Waals surface area contributed by atoms with Gasteiger partial charge in [0.1, 0.15) is 11.4 Å². The minimum atomic E-state index is -0.405. The Morgan fingerprint density at radius 1 is 0.727 bits per heavy atom. The second-order valence-corrected chi connectivity index (χ2v) is 8.61. The van der Waals surface area contributed by atoms with Crippen LogP contribution in [0.25, 0.3) is 5.57 Å². The predicted molar refractivity (Wildman–Crippen MR) is 133 cm³/mol. The number of nitrogens with one attached hydrogen (secondary N) is 1. The van der Waals surface area contributed by atoms with Gasteiger partial charge in [0.05, 0.1) is 18.4 Å². The molecule has 0 atom stereocenters. The van der Waals surface area contributed by atoms with E-state index in [1.165, 1.54) is 12.0 Å². The van der Waals surface area contributed by atoms with Gasteiger partial charge in [0, 0.05) is 5.69 Å². The average Bonchev–Trinajstić information content (AvgIpc) is 3.01. The number of hydrogen-bond donors (Lipinski definition) is 1. The number of aryl methyl sites for hydroxylation is 5. The zero-order valence-electron chi connectivity index (χ0n) is 19.9. The first-order valence-corrected chi connectivity index (χ1v) is 10.9. The summed E-state index contributed by atoms with van der Waals surface area (Å²) in [6.45, 7) is 9.94. The Morgan fingerprint density at radius 2 is 1.42 bits per heavy atom. The molecule has 0 saturated carbocycles. The summed E-state index contributed by atoms with van der Waals surface area (Å²) in [4.78, 5) is 28.7. The predicted octanol–water partition coefficient (Wildman–Crippen LogP) is 5.63. The molecule has 1 N–H and O–H groups in total. The summed E-state index contributed by atoms with van der Waals surface area (Å²) in [6, 6.07) is 17.2. The number of rotatable bonds is 5.